The summed E-state index contributed by atoms with van der Waals surface area (Å²) in [7, 11) is 3.11. The van der Waals surface area contributed by atoms with E-state index in [1.807, 2.05) is 0 Å². The van der Waals surface area contributed by atoms with E-state index in [2.05, 4.69) is 16.8 Å². The van der Waals surface area contributed by atoms with Crippen LogP contribution in [0.15, 0.2) is 82.5 Å². The van der Waals surface area contributed by atoms with Gasteiger partial charge in [0.25, 0.3) is 5.56 Å². The van der Waals surface area contributed by atoms with Crippen LogP contribution in [-0.4, -0.2) is 33.3 Å². The highest BCUT2D eigenvalue weighted by Crippen LogP contribution is 2.15. The third kappa shape index (κ3) is 5.74. The Bertz CT molecular complexity index is 1610. The first-order chi connectivity index (χ1) is 17.9. The zero-order valence-corrected chi connectivity index (χ0v) is 20.1. The summed E-state index contributed by atoms with van der Waals surface area (Å²) in [5.41, 5.74) is 0.586. The molecule has 0 atom stereocenters. The molecule has 0 aliphatic rings. The van der Waals surface area contributed by atoms with Crippen LogP contribution in [0.3, 0.4) is 0 Å². The van der Waals surface area contributed by atoms with Crippen molar-refractivity contribution >= 4 is 5.82 Å². The summed E-state index contributed by atoms with van der Waals surface area (Å²) in [6.07, 6.45) is 1.29. The molecule has 0 amide bonds. The van der Waals surface area contributed by atoms with Gasteiger partial charge in [0.2, 0.25) is 0 Å². The van der Waals surface area contributed by atoms with Crippen LogP contribution in [0.4, 0.5) is 5.82 Å². The van der Waals surface area contributed by atoms with Crippen molar-refractivity contribution in [1.29, 1.82) is 0 Å². The average molecular weight is 498 g/mol. The quantitative estimate of drug-likeness (QED) is 0.218. The summed E-state index contributed by atoms with van der Waals surface area (Å²) >= 11 is 0. The van der Waals surface area contributed by atoms with Gasteiger partial charge in [0.15, 0.2) is 0 Å². The smallest absolute Gasteiger partial charge is 0.379 e. The van der Waals surface area contributed by atoms with Gasteiger partial charge >= 0.3 is 11.5 Å². The largest absolute Gasteiger partial charge is 0.497 e. The molecule has 0 radical (unpaired) electrons. The molecule has 0 spiro atoms. The Kier molecular flexibility index (Phi) is 7.45. The summed E-state index contributed by atoms with van der Waals surface area (Å²) in [6, 6.07) is 18.4. The Labute approximate surface area is 211 Å². The molecule has 0 aliphatic carbocycles. The van der Waals surface area contributed by atoms with Gasteiger partial charge in [-0.25, -0.2) is 4.79 Å². The van der Waals surface area contributed by atoms with Crippen molar-refractivity contribution in [1.82, 2.24) is 14.1 Å². The normalized spacial score (nSPS) is 10.3. The molecule has 0 aliphatic heterocycles. The molecule has 10 nitrogen and oxygen atoms in total. The first-order valence-electron chi connectivity index (χ1n) is 11.1. The minimum atomic E-state index is -0.638. The van der Waals surface area contributed by atoms with E-state index in [9.17, 15) is 19.7 Å². The third-order valence-electron chi connectivity index (χ3n) is 5.56. The SMILES string of the molecule is COc1ccc(Cn2c(C#Cc3cccnc3[N+](=O)[O-])cc(=O)n(Cc3ccc(OC)cc3)c2=O)cc1. The first-order valence-corrected chi connectivity index (χ1v) is 11.1. The van der Waals surface area contributed by atoms with E-state index in [-0.39, 0.29) is 24.3 Å². The fraction of sp³-hybridized carbons (Fsp3) is 0.148. The van der Waals surface area contributed by atoms with Crippen molar-refractivity contribution in [2.45, 2.75) is 13.1 Å². The van der Waals surface area contributed by atoms with Crippen LogP contribution in [0, 0.1) is 22.0 Å². The lowest BCUT2D eigenvalue weighted by molar-refractivity contribution is -0.389. The predicted molar refractivity (Wildman–Crippen MR) is 136 cm³/mol. The molecule has 2 aromatic carbocycles. The molecule has 0 fully saturated rings. The van der Waals surface area contributed by atoms with Gasteiger partial charge in [-0.1, -0.05) is 30.2 Å². The highest BCUT2D eigenvalue weighted by molar-refractivity contribution is 5.48. The van der Waals surface area contributed by atoms with Crippen LogP contribution < -0.4 is 20.7 Å². The number of pyridine rings is 1. The van der Waals surface area contributed by atoms with Crippen molar-refractivity contribution < 1.29 is 14.4 Å². The van der Waals surface area contributed by atoms with E-state index in [1.165, 1.54) is 29.0 Å². The maximum Gasteiger partial charge on any atom is 0.379 e. The molecule has 0 saturated carbocycles. The molecule has 37 heavy (non-hydrogen) atoms. The van der Waals surface area contributed by atoms with Gasteiger partial charge in [0.1, 0.15) is 29.0 Å². The standard InChI is InChI=1S/C27H22N4O6/c1-36-23-11-5-19(6-12-23)17-29-22(10-9-21-4-3-15-28-26(21)31(34)35)16-25(32)30(27(29)33)18-20-7-13-24(37-2)14-8-20/h3-8,11-16H,17-18H2,1-2H3. The number of aromatic nitrogens is 3. The molecule has 0 saturated heterocycles. The zero-order valence-electron chi connectivity index (χ0n) is 20.1. The highest BCUT2D eigenvalue weighted by Gasteiger charge is 2.14. The molecule has 4 aromatic rings. The monoisotopic (exact) mass is 498 g/mol. The van der Waals surface area contributed by atoms with Gasteiger partial charge in [-0.2, -0.15) is 0 Å². The number of ether oxygens (including phenoxy) is 2. The molecule has 10 heteroatoms. The Morgan fingerprint density at radius 1 is 0.865 bits per heavy atom. The Hall–Kier alpha value is -5.17. The molecule has 0 unspecified atom stereocenters. The van der Waals surface area contributed by atoms with Crippen LogP contribution in [-0.2, 0) is 13.1 Å². The number of benzene rings is 2. The minimum Gasteiger partial charge on any atom is -0.497 e. The van der Waals surface area contributed by atoms with Gasteiger partial charge < -0.3 is 19.6 Å². The van der Waals surface area contributed by atoms with Crippen molar-refractivity contribution in [3.05, 3.63) is 126 Å². The van der Waals surface area contributed by atoms with Gasteiger partial charge in [0.05, 0.1) is 27.3 Å². The molecule has 2 aromatic heterocycles. The summed E-state index contributed by atoms with van der Waals surface area (Å²) in [5, 5.41) is 11.3. The topological polar surface area (TPSA) is 118 Å². The second-order valence-electron chi connectivity index (χ2n) is 7.90. The van der Waals surface area contributed by atoms with Gasteiger partial charge in [-0.15, -0.1) is 0 Å². The average Bonchev–Trinajstić information content (AvgIpc) is 2.92. The van der Waals surface area contributed by atoms with E-state index in [0.717, 1.165) is 15.7 Å². The number of methoxy groups -OCH3 is 2. The highest BCUT2D eigenvalue weighted by atomic mass is 16.6. The minimum absolute atomic E-state index is 0.0477. The number of nitro groups is 1. The van der Waals surface area contributed by atoms with Crippen molar-refractivity contribution in [2.24, 2.45) is 0 Å². The predicted octanol–water partition coefficient (Wildman–Crippen LogP) is 2.83. The molecule has 4 rings (SSSR count). The van der Waals surface area contributed by atoms with E-state index in [4.69, 9.17) is 9.47 Å². The van der Waals surface area contributed by atoms with Crippen LogP contribution in [0.25, 0.3) is 0 Å². The Morgan fingerprint density at radius 3 is 1.97 bits per heavy atom. The lowest BCUT2D eigenvalue weighted by Gasteiger charge is -2.13. The lowest BCUT2D eigenvalue weighted by Crippen LogP contribution is -2.41. The van der Waals surface area contributed by atoms with Crippen molar-refractivity contribution in [2.75, 3.05) is 14.2 Å². The summed E-state index contributed by atoms with van der Waals surface area (Å²) in [6.45, 7) is 0.164. The second-order valence-corrected chi connectivity index (χ2v) is 7.90. The van der Waals surface area contributed by atoms with Crippen LogP contribution >= 0.6 is 0 Å². The molecular weight excluding hydrogens is 476 g/mol. The second kappa shape index (κ2) is 11.0. The Balaban J connectivity index is 1.81. The van der Waals surface area contributed by atoms with Gasteiger partial charge in [0, 0.05) is 6.07 Å². The Morgan fingerprint density at radius 2 is 1.43 bits per heavy atom. The van der Waals surface area contributed by atoms with Gasteiger partial charge in [-0.05, 0) is 63.4 Å². The van der Waals surface area contributed by atoms with Crippen LogP contribution in [0.5, 0.6) is 11.5 Å². The van der Waals surface area contributed by atoms with E-state index >= 15 is 0 Å². The van der Waals surface area contributed by atoms with E-state index in [1.54, 1.807) is 62.8 Å². The van der Waals surface area contributed by atoms with Gasteiger partial charge in [-0.3, -0.25) is 13.9 Å². The summed E-state index contributed by atoms with van der Waals surface area (Å²) in [5.74, 6) is 6.37. The fourth-order valence-electron chi connectivity index (χ4n) is 3.62. The number of hydrogen-bond donors (Lipinski definition) is 0. The summed E-state index contributed by atoms with van der Waals surface area (Å²) in [4.78, 5) is 40.9. The molecule has 0 bridgehead atoms. The first kappa shape index (κ1) is 24.9. The number of rotatable bonds is 7. The molecular formula is C27H22N4O6. The molecule has 186 valence electrons. The summed E-state index contributed by atoms with van der Waals surface area (Å²) < 4.78 is 12.8. The lowest BCUT2D eigenvalue weighted by atomic mass is 10.2. The maximum atomic E-state index is 13.5. The number of hydrogen-bond acceptors (Lipinski definition) is 7. The van der Waals surface area contributed by atoms with E-state index < -0.39 is 22.0 Å². The fourth-order valence-corrected chi connectivity index (χ4v) is 3.62. The van der Waals surface area contributed by atoms with E-state index in [0.29, 0.717) is 11.5 Å². The van der Waals surface area contributed by atoms with Crippen LogP contribution in [0.2, 0.25) is 0 Å². The molecule has 2 heterocycles. The molecule has 0 N–H and O–H groups in total. The van der Waals surface area contributed by atoms with Crippen LogP contribution in [0.1, 0.15) is 22.4 Å². The third-order valence-corrected chi connectivity index (χ3v) is 5.56. The number of nitrogens with zero attached hydrogens (tertiary/aromatic N) is 4. The van der Waals surface area contributed by atoms with Crippen molar-refractivity contribution in [3.63, 3.8) is 0 Å². The zero-order chi connectivity index (χ0) is 26.4. The maximum absolute atomic E-state index is 13.5. The van der Waals surface area contributed by atoms with Crippen molar-refractivity contribution in [3.8, 4) is 23.3 Å².